The molecule has 1 N–H and O–H groups in total. The van der Waals surface area contributed by atoms with Crippen LogP contribution in [0.4, 0.5) is 4.39 Å². The van der Waals surface area contributed by atoms with Crippen molar-refractivity contribution >= 4 is 5.97 Å². The molecule has 116 valence electrons. The highest BCUT2D eigenvalue weighted by Crippen LogP contribution is 2.27. The van der Waals surface area contributed by atoms with Crippen LogP contribution in [0.5, 0.6) is 0 Å². The van der Waals surface area contributed by atoms with Gasteiger partial charge >= 0.3 is 5.97 Å². The van der Waals surface area contributed by atoms with Crippen molar-refractivity contribution < 1.29 is 19.0 Å². The Morgan fingerprint density at radius 1 is 1.27 bits per heavy atom. The minimum atomic E-state index is -0.520. The van der Waals surface area contributed by atoms with Gasteiger partial charge in [0.15, 0.2) is 5.69 Å². The molecule has 0 spiro atoms. The minimum absolute atomic E-state index is 0.0446. The number of hydrogen-bond acceptors (Lipinski definition) is 4. The fourth-order valence-corrected chi connectivity index (χ4v) is 2.77. The van der Waals surface area contributed by atoms with Crippen molar-refractivity contribution in [3.8, 4) is 5.69 Å². The lowest BCUT2D eigenvalue weighted by molar-refractivity contribution is 0.0425. The third kappa shape index (κ3) is 2.74. The number of benzene rings is 1. The molecule has 1 heterocycles. The van der Waals surface area contributed by atoms with Crippen LogP contribution < -0.4 is 0 Å². The summed E-state index contributed by atoms with van der Waals surface area (Å²) in [7, 11) is 0. The predicted octanol–water partition coefficient (Wildman–Crippen LogP) is 2.04. The molecule has 5 nitrogen and oxygen atoms in total. The molecular formula is C16H17FN2O3. The highest BCUT2D eigenvalue weighted by molar-refractivity contribution is 5.89. The maximum atomic E-state index is 13.1. The van der Waals surface area contributed by atoms with Crippen molar-refractivity contribution in [3.05, 3.63) is 47.0 Å². The first-order valence-corrected chi connectivity index (χ1v) is 7.35. The summed E-state index contributed by atoms with van der Waals surface area (Å²) in [4.78, 5) is 12.1. The van der Waals surface area contributed by atoms with Crippen molar-refractivity contribution in [1.29, 1.82) is 0 Å². The van der Waals surface area contributed by atoms with Crippen molar-refractivity contribution in [3.63, 3.8) is 0 Å². The Morgan fingerprint density at radius 3 is 2.73 bits per heavy atom. The van der Waals surface area contributed by atoms with E-state index in [-0.39, 0.29) is 19.0 Å². The molecule has 2 aromatic rings. The number of hydrogen-bond donors (Lipinski definition) is 1. The summed E-state index contributed by atoms with van der Waals surface area (Å²) in [6.45, 7) is -0.260. The summed E-state index contributed by atoms with van der Waals surface area (Å²) >= 11 is 0. The fraction of sp³-hybridized carbons (Fsp3) is 0.375. The summed E-state index contributed by atoms with van der Waals surface area (Å²) in [5, 5.41) is 13.2. The average Bonchev–Trinajstić information content (AvgIpc) is 2.93. The van der Waals surface area contributed by atoms with E-state index < -0.39 is 5.97 Å². The van der Waals surface area contributed by atoms with Gasteiger partial charge in [-0.2, -0.15) is 5.10 Å². The molecule has 0 saturated carbocycles. The first-order valence-electron chi connectivity index (χ1n) is 7.35. The number of aromatic nitrogens is 2. The molecule has 3 rings (SSSR count). The van der Waals surface area contributed by atoms with Crippen LogP contribution >= 0.6 is 0 Å². The van der Waals surface area contributed by atoms with Gasteiger partial charge in [0.1, 0.15) is 12.4 Å². The summed E-state index contributed by atoms with van der Waals surface area (Å²) in [6.07, 6.45) is 3.64. The van der Waals surface area contributed by atoms with Gasteiger partial charge in [0.05, 0.1) is 12.3 Å². The summed E-state index contributed by atoms with van der Waals surface area (Å²) in [5.74, 6) is -0.833. The molecule has 0 aliphatic heterocycles. The van der Waals surface area contributed by atoms with Crippen LogP contribution in [0.15, 0.2) is 24.3 Å². The summed E-state index contributed by atoms with van der Waals surface area (Å²) < 4.78 is 19.8. The van der Waals surface area contributed by atoms with Gasteiger partial charge < -0.3 is 9.84 Å². The van der Waals surface area contributed by atoms with Gasteiger partial charge in [-0.25, -0.2) is 13.9 Å². The Bertz CT molecular complexity index is 679. The smallest absolute Gasteiger partial charge is 0.359 e. The van der Waals surface area contributed by atoms with Crippen molar-refractivity contribution in [2.45, 2.75) is 25.7 Å². The molecule has 1 aromatic carbocycles. The van der Waals surface area contributed by atoms with E-state index in [0.29, 0.717) is 5.69 Å². The van der Waals surface area contributed by atoms with Crippen LogP contribution in [0.25, 0.3) is 5.69 Å². The first-order chi connectivity index (χ1) is 10.7. The number of ether oxygens (including phenoxy) is 1. The lowest BCUT2D eigenvalue weighted by Crippen LogP contribution is -2.12. The van der Waals surface area contributed by atoms with Crippen molar-refractivity contribution in [1.82, 2.24) is 9.78 Å². The second kappa shape index (κ2) is 6.27. The number of nitrogens with zero attached hydrogens (tertiary/aromatic N) is 2. The maximum absolute atomic E-state index is 13.1. The standard InChI is InChI=1S/C16H17FN2O3/c17-11-5-7-12(8-6-11)19-14-4-2-1-3-13(14)15(18-19)16(21)22-10-9-20/h5-8,20H,1-4,9-10H2. The zero-order chi connectivity index (χ0) is 15.5. The molecule has 0 radical (unpaired) electrons. The molecule has 1 aliphatic rings. The van der Waals surface area contributed by atoms with Crippen molar-refractivity contribution in [2.75, 3.05) is 13.2 Å². The van der Waals surface area contributed by atoms with E-state index >= 15 is 0 Å². The Hall–Kier alpha value is -2.21. The largest absolute Gasteiger partial charge is 0.458 e. The van der Waals surface area contributed by atoms with Crippen LogP contribution in [-0.2, 0) is 17.6 Å². The number of aliphatic hydroxyl groups excluding tert-OH is 1. The Kier molecular flexibility index (Phi) is 4.20. The number of esters is 1. The molecule has 0 amide bonds. The molecule has 0 unspecified atom stereocenters. The Labute approximate surface area is 127 Å². The zero-order valence-corrected chi connectivity index (χ0v) is 12.1. The molecule has 1 aromatic heterocycles. The summed E-state index contributed by atoms with van der Waals surface area (Å²) in [6, 6.07) is 6.02. The van der Waals surface area contributed by atoms with Gasteiger partial charge in [0, 0.05) is 11.3 Å². The second-order valence-corrected chi connectivity index (χ2v) is 5.23. The van der Waals surface area contributed by atoms with Gasteiger partial charge in [-0.3, -0.25) is 0 Å². The molecular weight excluding hydrogens is 287 g/mol. The SMILES string of the molecule is O=C(OCCO)c1nn(-c2ccc(F)cc2)c2c1CCCC2. The lowest BCUT2D eigenvalue weighted by Gasteiger charge is -2.14. The number of rotatable bonds is 4. The van der Waals surface area contributed by atoms with Crippen LogP contribution in [0.2, 0.25) is 0 Å². The van der Waals surface area contributed by atoms with E-state index in [1.54, 1.807) is 16.8 Å². The number of aliphatic hydroxyl groups is 1. The quantitative estimate of drug-likeness (QED) is 0.878. The van der Waals surface area contributed by atoms with Gasteiger partial charge in [0.2, 0.25) is 0 Å². The van der Waals surface area contributed by atoms with E-state index in [0.717, 1.165) is 42.6 Å². The van der Waals surface area contributed by atoms with E-state index in [4.69, 9.17) is 9.84 Å². The normalized spacial score (nSPS) is 13.7. The molecule has 22 heavy (non-hydrogen) atoms. The first kappa shape index (κ1) is 14.7. The van der Waals surface area contributed by atoms with E-state index in [2.05, 4.69) is 5.10 Å². The molecule has 6 heteroatoms. The van der Waals surface area contributed by atoms with E-state index in [9.17, 15) is 9.18 Å². The van der Waals surface area contributed by atoms with E-state index in [1.165, 1.54) is 12.1 Å². The minimum Gasteiger partial charge on any atom is -0.458 e. The molecule has 0 fully saturated rings. The number of carbonyl (C=O) groups is 1. The average molecular weight is 304 g/mol. The van der Waals surface area contributed by atoms with Crippen molar-refractivity contribution in [2.24, 2.45) is 0 Å². The van der Waals surface area contributed by atoms with Crippen LogP contribution in [-0.4, -0.2) is 34.1 Å². The van der Waals surface area contributed by atoms with E-state index in [1.807, 2.05) is 0 Å². The number of fused-ring (bicyclic) bond motifs is 1. The monoisotopic (exact) mass is 304 g/mol. The zero-order valence-electron chi connectivity index (χ0n) is 12.1. The highest BCUT2D eigenvalue weighted by Gasteiger charge is 2.26. The molecule has 1 aliphatic carbocycles. The van der Waals surface area contributed by atoms with Crippen LogP contribution in [0.3, 0.4) is 0 Å². The Balaban J connectivity index is 2.02. The molecule has 0 bridgehead atoms. The third-order valence-corrected chi connectivity index (χ3v) is 3.77. The second-order valence-electron chi connectivity index (χ2n) is 5.23. The van der Waals surface area contributed by atoms with Gasteiger partial charge in [-0.1, -0.05) is 0 Å². The molecule has 0 atom stereocenters. The third-order valence-electron chi connectivity index (χ3n) is 3.77. The summed E-state index contributed by atoms with van der Waals surface area (Å²) in [5.41, 5.74) is 2.90. The van der Waals surface area contributed by atoms with Gasteiger partial charge in [-0.05, 0) is 49.9 Å². The molecule has 0 saturated heterocycles. The van der Waals surface area contributed by atoms with Crippen LogP contribution in [0.1, 0.15) is 34.6 Å². The van der Waals surface area contributed by atoms with Gasteiger partial charge in [-0.15, -0.1) is 0 Å². The predicted molar refractivity (Wildman–Crippen MR) is 77.5 cm³/mol. The maximum Gasteiger partial charge on any atom is 0.359 e. The Morgan fingerprint density at radius 2 is 2.00 bits per heavy atom. The van der Waals surface area contributed by atoms with Crippen LogP contribution in [0, 0.1) is 5.82 Å². The topological polar surface area (TPSA) is 64.3 Å². The lowest BCUT2D eigenvalue weighted by atomic mass is 9.95. The highest BCUT2D eigenvalue weighted by atomic mass is 19.1. The number of carbonyl (C=O) groups excluding carboxylic acids is 1. The fourth-order valence-electron chi connectivity index (χ4n) is 2.77. The van der Waals surface area contributed by atoms with Gasteiger partial charge in [0.25, 0.3) is 0 Å². The number of halogens is 1.